The first-order chi connectivity index (χ1) is 6.92. The number of hydrogen-bond donors (Lipinski definition) is 0. The Balaban J connectivity index is -0.000000172. The van der Waals surface area contributed by atoms with Gasteiger partial charge in [-0.3, -0.25) is 0 Å². The van der Waals surface area contributed by atoms with Gasteiger partial charge in [0.15, 0.2) is 0 Å². The van der Waals surface area contributed by atoms with E-state index in [0.29, 0.717) is 0 Å². The Labute approximate surface area is 89.4 Å². The minimum absolute atomic E-state index is 0.250. The lowest BCUT2D eigenvalue weighted by atomic mass is 10.3. The first-order valence-corrected chi connectivity index (χ1v) is 3.92. The van der Waals surface area contributed by atoms with Crippen LogP contribution in [0.1, 0.15) is 20.3 Å². The molecule has 0 unspecified atom stereocenters. The highest BCUT2D eigenvalue weighted by molar-refractivity contribution is 4.96. The van der Waals surface area contributed by atoms with Crippen molar-refractivity contribution in [1.29, 1.82) is 0 Å². The van der Waals surface area contributed by atoms with Gasteiger partial charge in [0.1, 0.15) is 0 Å². The molecular weight excluding hydrogens is 241 g/mol. The predicted molar refractivity (Wildman–Crippen MR) is 48.5 cm³/mol. The number of halogens is 7. The summed E-state index contributed by atoms with van der Waals surface area (Å²) in [5.74, 6) is 0. The van der Waals surface area contributed by atoms with Crippen molar-refractivity contribution in [3.05, 3.63) is 25.1 Å². The van der Waals surface area contributed by atoms with Crippen molar-refractivity contribution < 1.29 is 30.7 Å². The molecule has 0 aromatic heterocycles. The maximum Gasteiger partial charge on any atom is 0.411 e. The zero-order valence-electron chi connectivity index (χ0n) is 8.84. The standard InChI is InChI=1S/C4H5F3.C3H5F3.C2H3F/c1-3(2)4(5,6)7;1-2-3(4,5)6;1-2-3/h1H2,2H3;2H2,1H3;2H,1H2. The molecule has 0 aliphatic carbocycles. The molecule has 16 heavy (non-hydrogen) atoms. The lowest BCUT2D eigenvalue weighted by Gasteiger charge is -2.01. The molecular formula is C9H13F7. The molecule has 0 aromatic carbocycles. The molecule has 0 aliphatic heterocycles. The molecule has 0 aliphatic rings. The van der Waals surface area contributed by atoms with Gasteiger partial charge in [0.05, 0.1) is 6.33 Å². The fourth-order valence-corrected chi connectivity index (χ4v) is 0. The summed E-state index contributed by atoms with van der Waals surface area (Å²) in [6.45, 7) is 7.41. The van der Waals surface area contributed by atoms with Gasteiger partial charge in [-0.05, 0) is 6.92 Å². The molecule has 0 nitrogen and oxygen atoms in total. The van der Waals surface area contributed by atoms with Crippen molar-refractivity contribution in [2.45, 2.75) is 32.6 Å². The molecule has 0 spiro atoms. The maximum atomic E-state index is 11.1. The van der Waals surface area contributed by atoms with Crippen molar-refractivity contribution in [2.75, 3.05) is 0 Å². The van der Waals surface area contributed by atoms with Crippen molar-refractivity contribution in [3.63, 3.8) is 0 Å². The van der Waals surface area contributed by atoms with Crippen LogP contribution in [0.2, 0.25) is 0 Å². The van der Waals surface area contributed by atoms with E-state index in [1.807, 2.05) is 0 Å². The highest BCUT2D eigenvalue weighted by Crippen LogP contribution is 2.22. The van der Waals surface area contributed by atoms with Crippen molar-refractivity contribution >= 4 is 0 Å². The van der Waals surface area contributed by atoms with Crippen LogP contribution in [0.3, 0.4) is 0 Å². The molecule has 7 heteroatoms. The molecule has 0 saturated heterocycles. The molecule has 0 atom stereocenters. The van der Waals surface area contributed by atoms with Gasteiger partial charge in [0, 0.05) is 12.0 Å². The van der Waals surface area contributed by atoms with Crippen LogP contribution in [0.4, 0.5) is 30.7 Å². The van der Waals surface area contributed by atoms with E-state index >= 15 is 0 Å². The van der Waals surface area contributed by atoms with Gasteiger partial charge in [-0.25, -0.2) is 4.39 Å². The van der Waals surface area contributed by atoms with Crippen molar-refractivity contribution in [2.24, 2.45) is 0 Å². The summed E-state index contributed by atoms with van der Waals surface area (Å²) in [5, 5.41) is 0. The van der Waals surface area contributed by atoms with Crippen molar-refractivity contribution in [1.82, 2.24) is 0 Å². The SMILES string of the molecule is C=C(C)C(F)(F)F.C=CF.CCC(F)(F)F. The Kier molecular flexibility index (Phi) is 11.8. The second kappa shape index (κ2) is 9.23. The Morgan fingerprint density at radius 2 is 1.25 bits per heavy atom. The Morgan fingerprint density at radius 1 is 1.12 bits per heavy atom. The first kappa shape index (κ1) is 20.4. The average Bonchev–Trinajstić information content (AvgIpc) is 2.03. The van der Waals surface area contributed by atoms with E-state index < -0.39 is 24.3 Å². The molecule has 0 N–H and O–H groups in total. The van der Waals surface area contributed by atoms with Crippen LogP contribution >= 0.6 is 0 Å². The lowest BCUT2D eigenvalue weighted by Crippen LogP contribution is -2.06. The minimum Gasteiger partial charge on any atom is -0.216 e. The second-order valence-electron chi connectivity index (χ2n) is 2.40. The molecule has 0 amide bonds. The van der Waals surface area contributed by atoms with E-state index in [1.165, 1.54) is 0 Å². The van der Waals surface area contributed by atoms with Crippen LogP contribution in [0, 0.1) is 0 Å². The summed E-state index contributed by atoms with van der Waals surface area (Å²) in [5.41, 5.74) is -0.757. The molecule has 0 rings (SSSR count). The van der Waals surface area contributed by atoms with Crippen molar-refractivity contribution in [3.8, 4) is 0 Å². The second-order valence-corrected chi connectivity index (χ2v) is 2.40. The largest absolute Gasteiger partial charge is 0.411 e. The van der Waals surface area contributed by atoms with Crippen LogP contribution in [0.25, 0.3) is 0 Å². The molecule has 0 saturated carbocycles. The first-order valence-electron chi connectivity index (χ1n) is 3.92. The average molecular weight is 254 g/mol. The van der Waals surface area contributed by atoms with Crippen LogP contribution in [0.15, 0.2) is 25.1 Å². The Bertz CT molecular complexity index is 187. The van der Waals surface area contributed by atoms with E-state index in [4.69, 9.17) is 0 Å². The van der Waals surface area contributed by atoms with Gasteiger partial charge in [0.25, 0.3) is 0 Å². The Morgan fingerprint density at radius 3 is 1.25 bits per heavy atom. The third-order valence-electron chi connectivity index (χ3n) is 0.885. The van der Waals surface area contributed by atoms with E-state index in [2.05, 4.69) is 13.2 Å². The quantitative estimate of drug-likeness (QED) is 0.412. The van der Waals surface area contributed by atoms with Gasteiger partial charge in [-0.2, -0.15) is 26.3 Å². The molecule has 0 bridgehead atoms. The number of alkyl halides is 6. The van der Waals surface area contributed by atoms with Gasteiger partial charge >= 0.3 is 12.4 Å². The lowest BCUT2D eigenvalue weighted by molar-refractivity contribution is -0.130. The summed E-state index contributed by atoms with van der Waals surface area (Å²) in [6, 6.07) is 0. The zero-order valence-corrected chi connectivity index (χ0v) is 8.84. The van der Waals surface area contributed by atoms with Crippen LogP contribution in [-0.2, 0) is 0 Å². The number of rotatable bonds is 0. The normalized spacial score (nSPS) is 10.3. The third-order valence-corrected chi connectivity index (χ3v) is 0.885. The monoisotopic (exact) mass is 254 g/mol. The molecule has 0 fully saturated rings. The number of hydrogen-bond acceptors (Lipinski definition) is 0. The summed E-state index contributed by atoms with van der Waals surface area (Å²) < 4.78 is 75.6. The molecule has 98 valence electrons. The molecule has 0 radical (unpaired) electrons. The fraction of sp³-hybridized carbons (Fsp3) is 0.556. The van der Waals surface area contributed by atoms with E-state index in [9.17, 15) is 30.7 Å². The van der Waals surface area contributed by atoms with Gasteiger partial charge in [-0.15, -0.1) is 0 Å². The molecule has 0 heterocycles. The predicted octanol–water partition coefficient (Wildman–Crippen LogP) is 5.18. The highest BCUT2D eigenvalue weighted by atomic mass is 19.4. The van der Waals surface area contributed by atoms with E-state index in [1.54, 1.807) is 0 Å². The van der Waals surface area contributed by atoms with Gasteiger partial charge in [0.2, 0.25) is 0 Å². The van der Waals surface area contributed by atoms with Crippen LogP contribution in [0.5, 0.6) is 0 Å². The number of allylic oxidation sites excluding steroid dienone is 1. The summed E-state index contributed by atoms with van der Waals surface area (Å²) >= 11 is 0. The third kappa shape index (κ3) is 29.3. The summed E-state index contributed by atoms with van der Waals surface area (Å²) in [6.07, 6.45) is -8.63. The summed E-state index contributed by atoms with van der Waals surface area (Å²) in [4.78, 5) is 0. The fourth-order valence-electron chi connectivity index (χ4n) is 0. The Hall–Kier alpha value is -1.01. The maximum absolute atomic E-state index is 11.1. The van der Waals surface area contributed by atoms with E-state index in [-0.39, 0.29) is 6.33 Å². The van der Waals surface area contributed by atoms with E-state index in [0.717, 1.165) is 13.8 Å². The molecule has 0 aromatic rings. The van der Waals surface area contributed by atoms with Gasteiger partial charge in [-0.1, -0.05) is 20.1 Å². The van der Waals surface area contributed by atoms with Crippen LogP contribution < -0.4 is 0 Å². The highest BCUT2D eigenvalue weighted by Gasteiger charge is 2.27. The van der Waals surface area contributed by atoms with Gasteiger partial charge < -0.3 is 0 Å². The summed E-state index contributed by atoms with van der Waals surface area (Å²) in [7, 11) is 0. The minimum atomic E-state index is -4.19. The van der Waals surface area contributed by atoms with Crippen LogP contribution in [-0.4, -0.2) is 12.4 Å². The zero-order chi connectivity index (χ0) is 14.0. The smallest absolute Gasteiger partial charge is 0.216 e. The topological polar surface area (TPSA) is 0 Å².